The molecule has 2 aromatic rings. The highest BCUT2D eigenvalue weighted by molar-refractivity contribution is 5.36. The van der Waals surface area contributed by atoms with Gasteiger partial charge >= 0.3 is 0 Å². The number of rotatable bonds is 4. The van der Waals surface area contributed by atoms with Crippen molar-refractivity contribution in [2.75, 3.05) is 6.54 Å². The molecule has 2 rings (SSSR count). The number of benzene rings is 2. The van der Waals surface area contributed by atoms with Crippen LogP contribution in [-0.4, -0.2) is 6.54 Å². The van der Waals surface area contributed by atoms with Crippen LogP contribution in [-0.2, 0) is 0 Å². The summed E-state index contributed by atoms with van der Waals surface area (Å²) < 4.78 is 27.2. The van der Waals surface area contributed by atoms with E-state index in [9.17, 15) is 8.78 Å². The molecular formula is C17H19F2N. The van der Waals surface area contributed by atoms with E-state index < -0.39 is 0 Å². The lowest BCUT2D eigenvalue weighted by Gasteiger charge is -2.20. The first kappa shape index (κ1) is 14.7. The lowest BCUT2D eigenvalue weighted by molar-refractivity contribution is 0.591. The van der Waals surface area contributed by atoms with Crippen molar-refractivity contribution in [1.82, 2.24) is 5.32 Å². The van der Waals surface area contributed by atoms with Crippen molar-refractivity contribution in [2.45, 2.75) is 26.8 Å². The Morgan fingerprint density at radius 3 is 1.65 bits per heavy atom. The van der Waals surface area contributed by atoms with Gasteiger partial charge in [-0.2, -0.15) is 0 Å². The first-order chi connectivity index (χ1) is 9.49. The van der Waals surface area contributed by atoms with Gasteiger partial charge in [0.2, 0.25) is 0 Å². The molecule has 0 unspecified atom stereocenters. The van der Waals surface area contributed by atoms with Gasteiger partial charge in [0.25, 0.3) is 0 Å². The zero-order chi connectivity index (χ0) is 14.7. The van der Waals surface area contributed by atoms with Gasteiger partial charge in [-0.15, -0.1) is 0 Å². The SMILES string of the molecule is CCNC(c1cc(C)cc(F)c1)c1cc(C)cc(F)c1. The van der Waals surface area contributed by atoms with Gasteiger partial charge in [-0.1, -0.05) is 19.1 Å². The van der Waals surface area contributed by atoms with Gasteiger partial charge in [-0.3, -0.25) is 0 Å². The lowest BCUT2D eigenvalue weighted by Crippen LogP contribution is -2.22. The monoisotopic (exact) mass is 275 g/mol. The number of hydrogen-bond acceptors (Lipinski definition) is 1. The minimum Gasteiger partial charge on any atom is -0.307 e. The summed E-state index contributed by atoms with van der Waals surface area (Å²) in [5.41, 5.74) is 3.34. The second-order valence-electron chi connectivity index (χ2n) is 5.11. The lowest BCUT2D eigenvalue weighted by atomic mass is 9.96. The van der Waals surface area contributed by atoms with E-state index in [0.29, 0.717) is 0 Å². The van der Waals surface area contributed by atoms with Crippen molar-refractivity contribution in [3.05, 3.63) is 70.3 Å². The van der Waals surface area contributed by atoms with Gasteiger partial charge in [0.05, 0.1) is 6.04 Å². The summed E-state index contributed by atoms with van der Waals surface area (Å²) in [6, 6.07) is 9.63. The predicted molar refractivity (Wildman–Crippen MR) is 77.8 cm³/mol. The van der Waals surface area contributed by atoms with E-state index in [2.05, 4.69) is 5.32 Å². The van der Waals surface area contributed by atoms with Gasteiger partial charge < -0.3 is 5.32 Å². The molecule has 0 aromatic heterocycles. The maximum Gasteiger partial charge on any atom is 0.123 e. The fourth-order valence-electron chi connectivity index (χ4n) is 2.49. The van der Waals surface area contributed by atoms with Crippen molar-refractivity contribution in [2.24, 2.45) is 0 Å². The van der Waals surface area contributed by atoms with E-state index in [1.54, 1.807) is 0 Å². The molecule has 0 bridgehead atoms. The van der Waals surface area contributed by atoms with Crippen LogP contribution in [0.1, 0.15) is 35.2 Å². The molecule has 0 aliphatic rings. The van der Waals surface area contributed by atoms with E-state index in [1.165, 1.54) is 24.3 Å². The maximum absolute atomic E-state index is 13.6. The van der Waals surface area contributed by atoms with Crippen LogP contribution in [0.5, 0.6) is 0 Å². The van der Waals surface area contributed by atoms with Gasteiger partial charge in [0.15, 0.2) is 0 Å². The Labute approximate surface area is 118 Å². The molecule has 1 N–H and O–H groups in total. The Kier molecular flexibility index (Phi) is 4.50. The molecular weight excluding hydrogens is 256 g/mol. The van der Waals surface area contributed by atoms with E-state index in [0.717, 1.165) is 28.8 Å². The molecule has 0 heterocycles. The third-order valence-electron chi connectivity index (χ3n) is 3.20. The fraction of sp³-hybridized carbons (Fsp3) is 0.294. The number of aryl methyl sites for hydroxylation is 2. The molecule has 106 valence electrons. The van der Waals surface area contributed by atoms with E-state index >= 15 is 0 Å². The molecule has 0 atom stereocenters. The first-order valence-corrected chi connectivity index (χ1v) is 6.77. The minimum absolute atomic E-state index is 0.205. The van der Waals surface area contributed by atoms with Crippen LogP contribution in [0.4, 0.5) is 8.78 Å². The molecule has 0 saturated heterocycles. The standard InChI is InChI=1S/C17H19F2N/c1-4-20-17(13-5-11(2)7-15(18)9-13)14-6-12(3)8-16(19)10-14/h5-10,17,20H,4H2,1-3H3. The summed E-state index contributed by atoms with van der Waals surface area (Å²) in [6.45, 7) is 6.40. The Balaban J connectivity index is 2.49. The fourth-order valence-corrected chi connectivity index (χ4v) is 2.49. The quantitative estimate of drug-likeness (QED) is 0.878. The summed E-state index contributed by atoms with van der Waals surface area (Å²) in [5, 5.41) is 3.29. The van der Waals surface area contributed by atoms with Crippen molar-refractivity contribution in [1.29, 1.82) is 0 Å². The zero-order valence-corrected chi connectivity index (χ0v) is 12.0. The Hall–Kier alpha value is -1.74. The molecule has 1 nitrogen and oxygen atoms in total. The van der Waals surface area contributed by atoms with Crippen molar-refractivity contribution in [3.8, 4) is 0 Å². The molecule has 3 heteroatoms. The van der Waals surface area contributed by atoms with Crippen LogP contribution in [0.15, 0.2) is 36.4 Å². The van der Waals surface area contributed by atoms with Crippen LogP contribution in [0, 0.1) is 25.5 Å². The van der Waals surface area contributed by atoms with Crippen LogP contribution >= 0.6 is 0 Å². The predicted octanol–water partition coefficient (Wildman–Crippen LogP) is 4.28. The average Bonchev–Trinajstić information content (AvgIpc) is 2.33. The Morgan fingerprint density at radius 1 is 0.850 bits per heavy atom. The summed E-state index contributed by atoms with van der Waals surface area (Å²) in [5.74, 6) is -0.535. The van der Waals surface area contributed by atoms with Crippen molar-refractivity contribution in [3.63, 3.8) is 0 Å². The number of nitrogens with one attached hydrogen (secondary N) is 1. The molecule has 0 spiro atoms. The van der Waals surface area contributed by atoms with Crippen LogP contribution in [0.3, 0.4) is 0 Å². The molecule has 20 heavy (non-hydrogen) atoms. The third-order valence-corrected chi connectivity index (χ3v) is 3.20. The van der Waals surface area contributed by atoms with Crippen molar-refractivity contribution >= 4 is 0 Å². The minimum atomic E-state index is -0.268. The smallest absolute Gasteiger partial charge is 0.123 e. The maximum atomic E-state index is 13.6. The van der Waals surface area contributed by atoms with E-state index in [-0.39, 0.29) is 17.7 Å². The molecule has 0 aliphatic carbocycles. The van der Waals surface area contributed by atoms with E-state index in [4.69, 9.17) is 0 Å². The summed E-state index contributed by atoms with van der Waals surface area (Å²) in [7, 11) is 0. The topological polar surface area (TPSA) is 12.0 Å². The summed E-state index contributed by atoms with van der Waals surface area (Å²) in [4.78, 5) is 0. The molecule has 0 saturated carbocycles. The van der Waals surface area contributed by atoms with Crippen LogP contribution in [0.25, 0.3) is 0 Å². The van der Waals surface area contributed by atoms with Crippen molar-refractivity contribution < 1.29 is 8.78 Å². The highest BCUT2D eigenvalue weighted by Gasteiger charge is 2.15. The highest BCUT2D eigenvalue weighted by Crippen LogP contribution is 2.25. The first-order valence-electron chi connectivity index (χ1n) is 6.77. The normalized spacial score (nSPS) is 11.1. The molecule has 0 radical (unpaired) electrons. The van der Waals surface area contributed by atoms with Gasteiger partial charge in [-0.25, -0.2) is 8.78 Å². The third kappa shape index (κ3) is 3.42. The molecule has 0 fully saturated rings. The van der Waals surface area contributed by atoms with Crippen LogP contribution < -0.4 is 5.32 Å². The van der Waals surface area contributed by atoms with E-state index in [1.807, 2.05) is 32.9 Å². The number of hydrogen-bond donors (Lipinski definition) is 1. The highest BCUT2D eigenvalue weighted by atomic mass is 19.1. The second kappa shape index (κ2) is 6.14. The molecule has 2 aromatic carbocycles. The average molecular weight is 275 g/mol. The largest absolute Gasteiger partial charge is 0.307 e. The Morgan fingerprint density at radius 2 is 1.30 bits per heavy atom. The van der Waals surface area contributed by atoms with Gasteiger partial charge in [0.1, 0.15) is 11.6 Å². The molecule has 0 amide bonds. The summed E-state index contributed by atoms with van der Waals surface area (Å²) >= 11 is 0. The summed E-state index contributed by atoms with van der Waals surface area (Å²) in [6.07, 6.45) is 0. The second-order valence-corrected chi connectivity index (χ2v) is 5.11. The van der Waals surface area contributed by atoms with Crippen LogP contribution in [0.2, 0.25) is 0 Å². The number of halogens is 2. The molecule has 0 aliphatic heterocycles. The van der Waals surface area contributed by atoms with Gasteiger partial charge in [-0.05, 0) is 66.9 Å². The zero-order valence-electron chi connectivity index (χ0n) is 12.0. The Bertz CT molecular complexity index is 516. The van der Waals surface area contributed by atoms with Gasteiger partial charge in [0, 0.05) is 0 Å².